The number of aliphatic hydroxyl groups is 2. The fraction of sp³-hybridized carbons (Fsp3) is 0.750. The molecule has 0 bridgehead atoms. The Morgan fingerprint density at radius 3 is 2.79 bits per heavy atom. The highest BCUT2D eigenvalue weighted by atomic mass is 16.5. The standard InChI is InChI=1S/C24H35NO4/c1-4-5-12-28-18-9-8-16-13-19(25(3)14-15-6-7-15)24(27)11-10-17(26)22-23(24,2)20(16)21(18)29-22/h8-9,15,17,19,22,26-27H,4-7,10-14H2,1-3H3/t17-,19-,22+,23?,24-/m1/s1. The molecule has 5 rings (SSSR count). The third kappa shape index (κ3) is 2.77. The van der Waals surface area contributed by atoms with Crippen molar-refractivity contribution in [2.45, 2.75) is 88.1 Å². The lowest BCUT2D eigenvalue weighted by Gasteiger charge is -2.58. The number of nitrogens with zero attached hydrogens (tertiary/aromatic N) is 1. The number of likely N-dealkylation sites (N-methyl/N-ethyl adjacent to an activating group) is 1. The monoisotopic (exact) mass is 401 g/mol. The summed E-state index contributed by atoms with van der Waals surface area (Å²) in [4.78, 5) is 2.38. The van der Waals surface area contributed by atoms with Crippen molar-refractivity contribution in [2.75, 3.05) is 20.2 Å². The van der Waals surface area contributed by atoms with Gasteiger partial charge in [-0.2, -0.15) is 0 Å². The molecule has 0 amide bonds. The zero-order valence-corrected chi connectivity index (χ0v) is 18.0. The summed E-state index contributed by atoms with van der Waals surface area (Å²) < 4.78 is 12.5. The summed E-state index contributed by atoms with van der Waals surface area (Å²) in [5.74, 6) is 2.29. The quantitative estimate of drug-likeness (QED) is 0.688. The van der Waals surface area contributed by atoms with Crippen LogP contribution < -0.4 is 9.47 Å². The van der Waals surface area contributed by atoms with Crippen LogP contribution in [0.3, 0.4) is 0 Å². The molecule has 5 heteroatoms. The van der Waals surface area contributed by atoms with Gasteiger partial charge in [0, 0.05) is 18.2 Å². The number of hydrogen-bond donors (Lipinski definition) is 2. The van der Waals surface area contributed by atoms with Gasteiger partial charge in [-0.3, -0.25) is 4.90 Å². The van der Waals surface area contributed by atoms with Crippen LogP contribution in [-0.2, 0) is 11.8 Å². The van der Waals surface area contributed by atoms with E-state index < -0.39 is 23.2 Å². The molecule has 1 heterocycles. The summed E-state index contributed by atoms with van der Waals surface area (Å²) in [7, 11) is 2.16. The smallest absolute Gasteiger partial charge is 0.166 e. The Hall–Kier alpha value is -1.30. The minimum absolute atomic E-state index is 0.0389. The summed E-state index contributed by atoms with van der Waals surface area (Å²) >= 11 is 0. The summed E-state index contributed by atoms with van der Waals surface area (Å²) in [6.45, 7) is 5.96. The van der Waals surface area contributed by atoms with Crippen molar-refractivity contribution >= 4 is 0 Å². The van der Waals surface area contributed by atoms with Crippen LogP contribution in [0.5, 0.6) is 11.5 Å². The molecular weight excluding hydrogens is 366 g/mol. The molecule has 5 atom stereocenters. The number of hydrogen-bond acceptors (Lipinski definition) is 5. The molecule has 1 aromatic rings. The van der Waals surface area contributed by atoms with E-state index in [1.165, 1.54) is 18.4 Å². The normalized spacial score (nSPS) is 37.4. The second-order valence-electron chi connectivity index (χ2n) is 10.0. The minimum atomic E-state index is -0.916. The zero-order chi connectivity index (χ0) is 20.4. The number of rotatable bonds is 7. The van der Waals surface area contributed by atoms with Crippen molar-refractivity contribution in [3.63, 3.8) is 0 Å². The lowest BCUT2D eigenvalue weighted by molar-refractivity contribution is -0.175. The van der Waals surface area contributed by atoms with Gasteiger partial charge in [0.2, 0.25) is 0 Å². The fourth-order valence-corrected chi connectivity index (χ4v) is 6.24. The van der Waals surface area contributed by atoms with Crippen LogP contribution in [0.25, 0.3) is 0 Å². The van der Waals surface area contributed by atoms with Gasteiger partial charge in [0.1, 0.15) is 6.10 Å². The zero-order valence-electron chi connectivity index (χ0n) is 18.0. The Balaban J connectivity index is 1.58. The van der Waals surface area contributed by atoms with Gasteiger partial charge in [0.15, 0.2) is 11.5 Å². The molecule has 2 fully saturated rings. The van der Waals surface area contributed by atoms with E-state index in [1.54, 1.807) is 0 Å². The third-order valence-corrected chi connectivity index (χ3v) is 8.11. The first-order chi connectivity index (χ1) is 13.9. The Morgan fingerprint density at radius 1 is 1.28 bits per heavy atom. The van der Waals surface area contributed by atoms with Crippen LogP contribution in [0, 0.1) is 5.92 Å². The molecule has 29 heavy (non-hydrogen) atoms. The first-order valence-electron chi connectivity index (χ1n) is 11.5. The van der Waals surface area contributed by atoms with Crippen molar-refractivity contribution in [1.82, 2.24) is 4.90 Å². The second-order valence-corrected chi connectivity index (χ2v) is 10.0. The van der Waals surface area contributed by atoms with Crippen LogP contribution in [0.2, 0.25) is 0 Å². The van der Waals surface area contributed by atoms with Gasteiger partial charge in [-0.1, -0.05) is 19.4 Å². The van der Waals surface area contributed by atoms with Crippen LogP contribution in [-0.4, -0.2) is 59.2 Å². The fourth-order valence-electron chi connectivity index (χ4n) is 6.24. The van der Waals surface area contributed by atoms with E-state index in [0.717, 1.165) is 48.8 Å². The van der Waals surface area contributed by atoms with Crippen molar-refractivity contribution < 1.29 is 19.7 Å². The maximum Gasteiger partial charge on any atom is 0.166 e. The number of aliphatic hydroxyl groups excluding tert-OH is 1. The first kappa shape index (κ1) is 19.7. The second kappa shape index (κ2) is 6.86. The van der Waals surface area contributed by atoms with Gasteiger partial charge < -0.3 is 19.7 Å². The maximum atomic E-state index is 12.2. The minimum Gasteiger partial charge on any atom is -0.490 e. The van der Waals surface area contributed by atoms with E-state index in [-0.39, 0.29) is 6.04 Å². The average molecular weight is 402 g/mol. The van der Waals surface area contributed by atoms with Crippen molar-refractivity contribution in [3.05, 3.63) is 23.3 Å². The molecule has 0 saturated heterocycles. The third-order valence-electron chi connectivity index (χ3n) is 8.11. The summed E-state index contributed by atoms with van der Waals surface area (Å²) in [6.07, 6.45) is 5.67. The van der Waals surface area contributed by atoms with Gasteiger partial charge >= 0.3 is 0 Å². The first-order valence-corrected chi connectivity index (χ1v) is 11.5. The highest BCUT2D eigenvalue weighted by Crippen LogP contribution is 2.62. The molecule has 5 nitrogen and oxygen atoms in total. The molecular formula is C24H35NO4. The largest absolute Gasteiger partial charge is 0.490 e. The summed E-state index contributed by atoms with van der Waals surface area (Å²) in [5.41, 5.74) is 0.772. The van der Waals surface area contributed by atoms with E-state index in [1.807, 2.05) is 6.07 Å². The van der Waals surface area contributed by atoms with E-state index in [2.05, 4.69) is 31.9 Å². The molecule has 160 valence electrons. The maximum absolute atomic E-state index is 12.2. The molecule has 4 aliphatic rings. The lowest BCUT2D eigenvalue weighted by atomic mass is 9.52. The Kier molecular flexibility index (Phi) is 4.65. The van der Waals surface area contributed by atoms with Crippen molar-refractivity contribution in [2.24, 2.45) is 5.92 Å². The van der Waals surface area contributed by atoms with Crippen LogP contribution >= 0.6 is 0 Å². The van der Waals surface area contributed by atoms with E-state index >= 15 is 0 Å². The van der Waals surface area contributed by atoms with Crippen molar-refractivity contribution in [3.8, 4) is 11.5 Å². The molecule has 3 aliphatic carbocycles. The molecule has 2 saturated carbocycles. The van der Waals surface area contributed by atoms with Gasteiger partial charge in [-0.05, 0) is 70.0 Å². The van der Waals surface area contributed by atoms with Gasteiger partial charge in [0.05, 0.1) is 23.7 Å². The average Bonchev–Trinajstić information content (AvgIpc) is 3.44. The number of unbranched alkanes of at least 4 members (excludes halogenated alkanes) is 1. The predicted molar refractivity (Wildman–Crippen MR) is 112 cm³/mol. The van der Waals surface area contributed by atoms with E-state index in [4.69, 9.17) is 9.47 Å². The Labute approximate surface area is 174 Å². The van der Waals surface area contributed by atoms with E-state index in [9.17, 15) is 10.2 Å². The van der Waals surface area contributed by atoms with Crippen LogP contribution in [0.15, 0.2) is 12.1 Å². The topological polar surface area (TPSA) is 62.2 Å². The van der Waals surface area contributed by atoms with Crippen LogP contribution in [0.4, 0.5) is 0 Å². The van der Waals surface area contributed by atoms with Crippen LogP contribution in [0.1, 0.15) is 63.5 Å². The summed E-state index contributed by atoms with van der Waals surface area (Å²) in [6, 6.07) is 4.23. The Morgan fingerprint density at radius 2 is 2.07 bits per heavy atom. The van der Waals surface area contributed by atoms with Gasteiger partial charge in [-0.25, -0.2) is 0 Å². The van der Waals surface area contributed by atoms with Gasteiger partial charge in [0.25, 0.3) is 0 Å². The van der Waals surface area contributed by atoms with E-state index in [0.29, 0.717) is 19.4 Å². The lowest BCUT2D eigenvalue weighted by Crippen LogP contribution is -2.72. The molecule has 0 aromatic heterocycles. The molecule has 0 radical (unpaired) electrons. The highest BCUT2D eigenvalue weighted by Gasteiger charge is 2.69. The number of ether oxygens (including phenoxy) is 2. The number of benzene rings is 1. The van der Waals surface area contributed by atoms with Gasteiger partial charge in [-0.15, -0.1) is 0 Å². The molecule has 0 spiro atoms. The molecule has 2 N–H and O–H groups in total. The van der Waals surface area contributed by atoms with Crippen molar-refractivity contribution in [1.29, 1.82) is 0 Å². The molecule has 1 aromatic carbocycles. The predicted octanol–water partition coefficient (Wildman–Crippen LogP) is 3.04. The Bertz CT molecular complexity index is 793. The summed E-state index contributed by atoms with van der Waals surface area (Å²) in [5, 5.41) is 23.1. The molecule has 1 aliphatic heterocycles. The highest BCUT2D eigenvalue weighted by molar-refractivity contribution is 5.62. The SMILES string of the molecule is CCCCOc1ccc2c3c1O[C@H]1[C@H](O)CC[C@@](O)([C@H](N(C)CC4CC4)C2)C31C. The molecule has 1 unspecified atom stereocenters.